The number of aliphatic hydroxyl groups is 2. The molecule has 1 unspecified atom stereocenters. The van der Waals surface area contributed by atoms with Crippen LogP contribution in [0.4, 0.5) is 0 Å². The number of sulfonamides is 1. The van der Waals surface area contributed by atoms with Crippen molar-refractivity contribution in [3.8, 4) is 0 Å². The predicted molar refractivity (Wildman–Crippen MR) is 94.9 cm³/mol. The highest BCUT2D eigenvalue weighted by Gasteiger charge is 2.24. The van der Waals surface area contributed by atoms with Gasteiger partial charge in [0.25, 0.3) is 5.91 Å². The molecule has 136 valence electrons. The van der Waals surface area contributed by atoms with Crippen molar-refractivity contribution in [2.24, 2.45) is 0 Å². The summed E-state index contributed by atoms with van der Waals surface area (Å²) in [4.78, 5) is 12.0. The highest BCUT2D eigenvalue weighted by molar-refractivity contribution is 7.89. The Morgan fingerprint density at radius 2 is 1.84 bits per heavy atom. The molecule has 1 amide bonds. The third kappa shape index (κ3) is 5.35. The summed E-state index contributed by atoms with van der Waals surface area (Å²) in [5, 5.41) is 23.3. The van der Waals surface area contributed by atoms with Gasteiger partial charge in [-0.3, -0.25) is 4.79 Å². The molecule has 0 saturated heterocycles. The summed E-state index contributed by atoms with van der Waals surface area (Å²) in [5.74, 6) is -0.570. The van der Waals surface area contributed by atoms with Gasteiger partial charge in [0.15, 0.2) is 0 Å². The summed E-state index contributed by atoms with van der Waals surface area (Å²) in [5.41, 5.74) is 0.588. The van der Waals surface area contributed by atoms with E-state index in [4.69, 9.17) is 0 Å². The number of thiophene rings is 1. The summed E-state index contributed by atoms with van der Waals surface area (Å²) < 4.78 is 27.2. The van der Waals surface area contributed by atoms with E-state index in [1.807, 2.05) is 0 Å². The van der Waals surface area contributed by atoms with E-state index in [1.165, 1.54) is 18.4 Å². The lowest BCUT2D eigenvalue weighted by Gasteiger charge is -2.13. The third-order valence-corrected chi connectivity index (χ3v) is 5.84. The summed E-state index contributed by atoms with van der Waals surface area (Å²) in [6, 6.07) is 10.0. The first-order valence-electron chi connectivity index (χ1n) is 7.57. The van der Waals surface area contributed by atoms with Crippen molar-refractivity contribution >= 4 is 27.3 Å². The van der Waals surface area contributed by atoms with Crippen molar-refractivity contribution in [2.75, 3.05) is 13.1 Å². The molecule has 2 rings (SSSR count). The van der Waals surface area contributed by atoms with Crippen LogP contribution in [0.1, 0.15) is 28.3 Å². The summed E-state index contributed by atoms with van der Waals surface area (Å²) in [7, 11) is -3.96. The van der Waals surface area contributed by atoms with E-state index in [1.54, 1.807) is 30.3 Å². The zero-order valence-electron chi connectivity index (χ0n) is 13.5. The molecule has 0 fully saturated rings. The fourth-order valence-corrected chi connectivity index (χ4v) is 4.43. The predicted octanol–water partition coefficient (Wildman–Crippen LogP) is 0.871. The van der Waals surface area contributed by atoms with Gasteiger partial charge in [0, 0.05) is 13.1 Å². The summed E-state index contributed by atoms with van der Waals surface area (Å²) in [6.45, 7) is 1.33. The SMILES string of the molecule is C[C@@H](O)CNC(=O)c1sccc1S(=O)(=O)NCC(O)c1ccccc1. The first-order chi connectivity index (χ1) is 11.8. The molecule has 0 saturated carbocycles. The molecule has 0 aliphatic carbocycles. The first-order valence-corrected chi connectivity index (χ1v) is 9.94. The second-order valence-electron chi connectivity index (χ2n) is 5.45. The number of nitrogens with one attached hydrogen (secondary N) is 2. The normalized spacial score (nSPS) is 14.0. The number of hydrogen-bond acceptors (Lipinski definition) is 6. The van der Waals surface area contributed by atoms with E-state index in [9.17, 15) is 23.4 Å². The van der Waals surface area contributed by atoms with Crippen LogP contribution in [0.25, 0.3) is 0 Å². The van der Waals surface area contributed by atoms with Gasteiger partial charge in [-0.2, -0.15) is 0 Å². The maximum atomic E-state index is 12.4. The molecule has 0 aliphatic rings. The Kier molecular flexibility index (Phi) is 6.68. The number of amides is 1. The van der Waals surface area contributed by atoms with Crippen molar-refractivity contribution in [2.45, 2.75) is 24.0 Å². The molecular formula is C16H20N2O5S2. The molecule has 1 heterocycles. The fourth-order valence-electron chi connectivity index (χ4n) is 2.05. The Balaban J connectivity index is 2.07. The van der Waals surface area contributed by atoms with Crippen LogP contribution in [0.3, 0.4) is 0 Å². The summed E-state index contributed by atoms with van der Waals surface area (Å²) in [6.07, 6.45) is -1.73. The van der Waals surface area contributed by atoms with Crippen LogP contribution in [0, 0.1) is 0 Å². The molecule has 1 aromatic heterocycles. The number of carbonyl (C=O) groups is 1. The standard InChI is InChI=1S/C16H20N2O5S2/c1-11(19)9-17-16(21)15-14(7-8-24-15)25(22,23)18-10-13(20)12-5-3-2-4-6-12/h2-8,11,13,18-20H,9-10H2,1H3,(H,17,21)/t11-,13?/m1/s1. The van der Waals surface area contributed by atoms with Crippen molar-refractivity contribution in [1.82, 2.24) is 10.0 Å². The van der Waals surface area contributed by atoms with Crippen molar-refractivity contribution in [3.05, 3.63) is 52.2 Å². The smallest absolute Gasteiger partial charge is 0.262 e. The molecule has 7 nitrogen and oxygen atoms in total. The molecule has 2 aromatic rings. The molecule has 0 aliphatic heterocycles. The molecule has 1 aromatic carbocycles. The van der Waals surface area contributed by atoms with Gasteiger partial charge >= 0.3 is 0 Å². The van der Waals surface area contributed by atoms with Gasteiger partial charge in [-0.1, -0.05) is 30.3 Å². The second kappa shape index (κ2) is 8.54. The van der Waals surface area contributed by atoms with E-state index >= 15 is 0 Å². The van der Waals surface area contributed by atoms with Gasteiger partial charge in [0.2, 0.25) is 10.0 Å². The molecule has 0 bridgehead atoms. The first kappa shape index (κ1) is 19.5. The quantitative estimate of drug-likeness (QED) is 0.539. The van der Waals surface area contributed by atoms with E-state index in [0.717, 1.165) is 11.3 Å². The molecule has 2 atom stereocenters. The maximum Gasteiger partial charge on any atom is 0.262 e. The number of hydrogen-bond donors (Lipinski definition) is 4. The molecule has 0 radical (unpaired) electrons. The van der Waals surface area contributed by atoms with Gasteiger partial charge in [0.05, 0.1) is 12.2 Å². The average molecular weight is 384 g/mol. The minimum absolute atomic E-state index is 0.0242. The third-order valence-electron chi connectivity index (χ3n) is 3.33. The highest BCUT2D eigenvalue weighted by Crippen LogP contribution is 2.22. The van der Waals surface area contributed by atoms with Crippen LogP contribution in [-0.2, 0) is 10.0 Å². The van der Waals surface area contributed by atoms with Crippen LogP contribution < -0.4 is 10.0 Å². The topological polar surface area (TPSA) is 116 Å². The van der Waals surface area contributed by atoms with E-state index in [0.29, 0.717) is 5.56 Å². The van der Waals surface area contributed by atoms with Gasteiger partial charge in [-0.05, 0) is 23.9 Å². The largest absolute Gasteiger partial charge is 0.392 e. The minimum atomic E-state index is -3.96. The van der Waals surface area contributed by atoms with Gasteiger partial charge in [-0.15, -0.1) is 11.3 Å². The zero-order chi connectivity index (χ0) is 18.4. The van der Waals surface area contributed by atoms with Crippen molar-refractivity contribution in [3.63, 3.8) is 0 Å². The molecule has 9 heteroatoms. The Morgan fingerprint density at radius 1 is 1.16 bits per heavy atom. The van der Waals surface area contributed by atoms with Crippen LogP contribution in [0.15, 0.2) is 46.7 Å². The van der Waals surface area contributed by atoms with E-state index < -0.39 is 28.1 Å². The lowest BCUT2D eigenvalue weighted by atomic mass is 10.1. The minimum Gasteiger partial charge on any atom is -0.392 e. The molecule has 0 spiro atoms. The zero-order valence-corrected chi connectivity index (χ0v) is 15.2. The van der Waals surface area contributed by atoms with Crippen LogP contribution in [0.2, 0.25) is 0 Å². The van der Waals surface area contributed by atoms with E-state index in [2.05, 4.69) is 10.0 Å². The fraction of sp³-hybridized carbons (Fsp3) is 0.312. The maximum absolute atomic E-state index is 12.4. The van der Waals surface area contributed by atoms with Gasteiger partial charge in [0.1, 0.15) is 9.77 Å². The number of carbonyl (C=O) groups excluding carboxylic acids is 1. The molecule has 4 N–H and O–H groups in total. The Morgan fingerprint density at radius 3 is 2.48 bits per heavy atom. The average Bonchev–Trinajstić information content (AvgIpc) is 3.09. The number of aliphatic hydroxyl groups excluding tert-OH is 2. The Bertz CT molecular complexity index is 803. The number of rotatable bonds is 8. The van der Waals surface area contributed by atoms with Crippen molar-refractivity contribution in [1.29, 1.82) is 0 Å². The Labute approximate surface area is 150 Å². The Hall–Kier alpha value is -1.78. The molecular weight excluding hydrogens is 364 g/mol. The highest BCUT2D eigenvalue weighted by atomic mass is 32.2. The monoisotopic (exact) mass is 384 g/mol. The lowest BCUT2D eigenvalue weighted by Crippen LogP contribution is -2.33. The van der Waals surface area contributed by atoms with E-state index in [-0.39, 0.29) is 22.9 Å². The van der Waals surface area contributed by atoms with Crippen LogP contribution >= 0.6 is 11.3 Å². The van der Waals surface area contributed by atoms with Crippen LogP contribution in [0.5, 0.6) is 0 Å². The second-order valence-corrected chi connectivity index (χ2v) is 8.10. The number of benzene rings is 1. The van der Waals surface area contributed by atoms with Crippen molar-refractivity contribution < 1.29 is 23.4 Å². The summed E-state index contributed by atoms with van der Waals surface area (Å²) >= 11 is 0.991. The molecule has 25 heavy (non-hydrogen) atoms. The van der Waals surface area contributed by atoms with Gasteiger partial charge in [-0.25, -0.2) is 13.1 Å². The lowest BCUT2D eigenvalue weighted by molar-refractivity contribution is 0.0925. The van der Waals surface area contributed by atoms with Gasteiger partial charge < -0.3 is 15.5 Å². The van der Waals surface area contributed by atoms with Crippen LogP contribution in [-0.4, -0.2) is 43.7 Å².